The van der Waals surface area contributed by atoms with Crippen LogP contribution in [0.15, 0.2) is 72.9 Å². The summed E-state index contributed by atoms with van der Waals surface area (Å²) in [4.78, 5) is 28.0. The van der Waals surface area contributed by atoms with Gasteiger partial charge in [0, 0.05) is 12.2 Å². The predicted octanol–water partition coefficient (Wildman–Crippen LogP) is 3.58. The first-order valence-corrected chi connectivity index (χ1v) is 8.89. The zero-order valence-electron chi connectivity index (χ0n) is 15.5. The van der Waals surface area contributed by atoms with Crippen LogP contribution in [0.1, 0.15) is 26.4 Å². The van der Waals surface area contributed by atoms with E-state index in [0.717, 1.165) is 12.1 Å². The van der Waals surface area contributed by atoms with Crippen molar-refractivity contribution < 1.29 is 14.3 Å². The minimum absolute atomic E-state index is 0.213. The van der Waals surface area contributed by atoms with Crippen molar-refractivity contribution in [2.45, 2.75) is 6.42 Å². The molecular formula is C22H21N3O3. The highest BCUT2D eigenvalue weighted by Gasteiger charge is 2.08. The standard InChI is InChI=1S/C22H21N3O3/c1-28-22(27)17-8-5-9-18(14-17)25-19-10-11-20(24-15-19)21(26)23-13-12-16-6-3-2-4-7-16/h2-11,14-15,25H,12-13H2,1H3,(H,23,26). The van der Waals surface area contributed by atoms with Crippen LogP contribution in [0.25, 0.3) is 0 Å². The Morgan fingerprint density at radius 2 is 1.79 bits per heavy atom. The fourth-order valence-electron chi connectivity index (χ4n) is 2.67. The Bertz CT molecular complexity index is 941. The SMILES string of the molecule is COC(=O)c1cccc(Nc2ccc(C(=O)NCCc3ccccc3)nc2)c1. The Morgan fingerprint density at radius 3 is 2.50 bits per heavy atom. The monoisotopic (exact) mass is 375 g/mol. The number of aromatic nitrogens is 1. The minimum Gasteiger partial charge on any atom is -0.465 e. The number of hydrogen-bond acceptors (Lipinski definition) is 5. The van der Waals surface area contributed by atoms with Crippen molar-refractivity contribution in [1.82, 2.24) is 10.3 Å². The largest absolute Gasteiger partial charge is 0.465 e. The van der Waals surface area contributed by atoms with Gasteiger partial charge in [-0.25, -0.2) is 9.78 Å². The van der Waals surface area contributed by atoms with Gasteiger partial charge in [0.05, 0.1) is 24.6 Å². The second-order valence-electron chi connectivity index (χ2n) is 6.12. The maximum Gasteiger partial charge on any atom is 0.337 e. The van der Waals surface area contributed by atoms with Crippen molar-refractivity contribution in [2.75, 3.05) is 19.0 Å². The Hall–Kier alpha value is -3.67. The molecule has 0 fully saturated rings. The maximum absolute atomic E-state index is 12.2. The van der Waals surface area contributed by atoms with E-state index in [2.05, 4.69) is 15.6 Å². The maximum atomic E-state index is 12.2. The number of pyridine rings is 1. The van der Waals surface area contributed by atoms with Crippen LogP contribution < -0.4 is 10.6 Å². The molecule has 0 unspecified atom stereocenters. The number of nitrogens with one attached hydrogen (secondary N) is 2. The van der Waals surface area contributed by atoms with Gasteiger partial charge in [0.1, 0.15) is 5.69 Å². The number of rotatable bonds is 7. The average molecular weight is 375 g/mol. The van der Waals surface area contributed by atoms with Gasteiger partial charge in [-0.3, -0.25) is 4.79 Å². The van der Waals surface area contributed by atoms with E-state index in [4.69, 9.17) is 4.74 Å². The van der Waals surface area contributed by atoms with Gasteiger partial charge < -0.3 is 15.4 Å². The molecule has 2 aromatic carbocycles. The molecule has 0 atom stereocenters. The Morgan fingerprint density at radius 1 is 0.964 bits per heavy atom. The summed E-state index contributed by atoms with van der Waals surface area (Å²) >= 11 is 0. The third-order valence-electron chi connectivity index (χ3n) is 4.11. The fraction of sp³-hybridized carbons (Fsp3) is 0.136. The van der Waals surface area contributed by atoms with E-state index in [1.807, 2.05) is 36.4 Å². The summed E-state index contributed by atoms with van der Waals surface area (Å²) < 4.78 is 4.72. The number of carbonyl (C=O) groups is 2. The van der Waals surface area contributed by atoms with Gasteiger partial charge in [0.25, 0.3) is 5.91 Å². The smallest absolute Gasteiger partial charge is 0.337 e. The van der Waals surface area contributed by atoms with E-state index in [1.165, 1.54) is 12.7 Å². The van der Waals surface area contributed by atoms with E-state index < -0.39 is 5.97 Å². The molecule has 1 aromatic heterocycles. The highest BCUT2D eigenvalue weighted by molar-refractivity contribution is 5.92. The third kappa shape index (κ3) is 5.17. The van der Waals surface area contributed by atoms with Gasteiger partial charge in [-0.15, -0.1) is 0 Å². The average Bonchev–Trinajstić information content (AvgIpc) is 2.74. The van der Waals surface area contributed by atoms with Crippen LogP contribution >= 0.6 is 0 Å². The molecule has 0 saturated carbocycles. The normalized spacial score (nSPS) is 10.2. The summed E-state index contributed by atoms with van der Waals surface area (Å²) in [5.41, 5.74) is 3.41. The number of methoxy groups -OCH3 is 1. The van der Waals surface area contributed by atoms with Crippen molar-refractivity contribution >= 4 is 23.3 Å². The Balaban J connectivity index is 1.56. The van der Waals surface area contributed by atoms with Crippen molar-refractivity contribution in [3.8, 4) is 0 Å². The molecule has 2 N–H and O–H groups in total. The number of hydrogen-bond donors (Lipinski definition) is 2. The lowest BCUT2D eigenvalue weighted by molar-refractivity contribution is 0.0600. The lowest BCUT2D eigenvalue weighted by atomic mass is 10.1. The zero-order valence-corrected chi connectivity index (χ0v) is 15.5. The summed E-state index contributed by atoms with van der Waals surface area (Å²) in [6, 6.07) is 20.4. The highest BCUT2D eigenvalue weighted by atomic mass is 16.5. The summed E-state index contributed by atoms with van der Waals surface area (Å²) in [5.74, 6) is -0.612. The molecule has 3 aromatic rings. The molecule has 0 spiro atoms. The van der Waals surface area contributed by atoms with Gasteiger partial charge in [0.15, 0.2) is 0 Å². The number of carbonyl (C=O) groups excluding carboxylic acids is 2. The molecule has 0 saturated heterocycles. The van der Waals surface area contributed by atoms with Gasteiger partial charge in [-0.05, 0) is 42.3 Å². The quantitative estimate of drug-likeness (QED) is 0.617. The van der Waals surface area contributed by atoms with E-state index >= 15 is 0 Å². The summed E-state index contributed by atoms with van der Waals surface area (Å²) in [6.07, 6.45) is 2.35. The van der Waals surface area contributed by atoms with E-state index in [0.29, 0.717) is 23.5 Å². The van der Waals surface area contributed by atoms with E-state index in [9.17, 15) is 9.59 Å². The van der Waals surface area contributed by atoms with Crippen LogP contribution in [-0.4, -0.2) is 30.5 Å². The first-order valence-electron chi connectivity index (χ1n) is 8.89. The molecule has 0 aliphatic heterocycles. The molecule has 0 radical (unpaired) electrons. The van der Waals surface area contributed by atoms with Gasteiger partial charge in [-0.1, -0.05) is 36.4 Å². The number of anilines is 2. The van der Waals surface area contributed by atoms with Gasteiger partial charge in [-0.2, -0.15) is 0 Å². The Kier molecular flexibility index (Phi) is 6.36. The molecule has 142 valence electrons. The number of nitrogens with zero attached hydrogens (tertiary/aromatic N) is 1. The lowest BCUT2D eigenvalue weighted by Crippen LogP contribution is -2.26. The van der Waals surface area contributed by atoms with Gasteiger partial charge >= 0.3 is 5.97 Å². The van der Waals surface area contributed by atoms with Crippen LogP contribution in [0.5, 0.6) is 0 Å². The van der Waals surface area contributed by atoms with Crippen LogP contribution in [0.2, 0.25) is 0 Å². The fourth-order valence-corrected chi connectivity index (χ4v) is 2.67. The van der Waals surface area contributed by atoms with Crippen molar-refractivity contribution in [1.29, 1.82) is 0 Å². The number of amides is 1. The molecule has 6 heteroatoms. The number of esters is 1. The van der Waals surface area contributed by atoms with Crippen molar-refractivity contribution in [3.63, 3.8) is 0 Å². The Labute approximate surface area is 163 Å². The van der Waals surface area contributed by atoms with E-state index in [1.54, 1.807) is 36.5 Å². The third-order valence-corrected chi connectivity index (χ3v) is 4.11. The molecule has 6 nitrogen and oxygen atoms in total. The molecule has 0 bridgehead atoms. The topological polar surface area (TPSA) is 80.3 Å². The summed E-state index contributed by atoms with van der Waals surface area (Å²) in [6.45, 7) is 0.546. The van der Waals surface area contributed by atoms with Crippen LogP contribution in [0, 0.1) is 0 Å². The van der Waals surface area contributed by atoms with E-state index in [-0.39, 0.29) is 5.91 Å². The molecule has 0 aliphatic rings. The lowest BCUT2D eigenvalue weighted by Gasteiger charge is -2.09. The second kappa shape index (κ2) is 9.32. The molecule has 1 amide bonds. The van der Waals surface area contributed by atoms with Crippen molar-refractivity contribution in [2.24, 2.45) is 0 Å². The zero-order chi connectivity index (χ0) is 19.8. The van der Waals surface area contributed by atoms with Crippen LogP contribution in [-0.2, 0) is 11.2 Å². The minimum atomic E-state index is -0.399. The predicted molar refractivity (Wildman–Crippen MR) is 108 cm³/mol. The first kappa shape index (κ1) is 19.1. The van der Waals surface area contributed by atoms with Crippen LogP contribution in [0.3, 0.4) is 0 Å². The highest BCUT2D eigenvalue weighted by Crippen LogP contribution is 2.17. The van der Waals surface area contributed by atoms with Crippen molar-refractivity contribution in [3.05, 3.63) is 89.7 Å². The number of benzene rings is 2. The molecule has 0 aliphatic carbocycles. The molecule has 28 heavy (non-hydrogen) atoms. The van der Waals surface area contributed by atoms with Gasteiger partial charge in [0.2, 0.25) is 0 Å². The molecule has 1 heterocycles. The second-order valence-corrected chi connectivity index (χ2v) is 6.12. The summed E-state index contributed by atoms with van der Waals surface area (Å²) in [7, 11) is 1.34. The van der Waals surface area contributed by atoms with Crippen LogP contribution in [0.4, 0.5) is 11.4 Å². The first-order chi connectivity index (χ1) is 13.7. The number of ether oxygens (including phenoxy) is 1. The molecular weight excluding hydrogens is 354 g/mol. The summed E-state index contributed by atoms with van der Waals surface area (Å²) in [5, 5.41) is 6.02. The molecule has 3 rings (SSSR count).